The van der Waals surface area contributed by atoms with Gasteiger partial charge in [-0.05, 0) is 30.9 Å². The van der Waals surface area contributed by atoms with E-state index in [-0.39, 0.29) is 0 Å². The van der Waals surface area contributed by atoms with E-state index in [9.17, 15) is 0 Å². The van der Waals surface area contributed by atoms with Gasteiger partial charge in [-0.1, -0.05) is 29.8 Å². The van der Waals surface area contributed by atoms with Crippen molar-refractivity contribution in [1.82, 2.24) is 10.1 Å². The van der Waals surface area contributed by atoms with E-state index >= 15 is 0 Å². The first-order chi connectivity index (χ1) is 9.86. The first-order valence-corrected chi connectivity index (χ1v) is 7.21. The standard InChI is InChI=1S/C15H20N4O/c16-10-15-17-14(18-20-15)11-19-9-5-1-2-6-12-7-3-4-8-13(12)19/h3-4,7-8H,1-2,5-6,9-11,16H2. The Bertz CT molecular complexity index is 567. The van der Waals surface area contributed by atoms with Crippen molar-refractivity contribution in [3.8, 4) is 0 Å². The van der Waals surface area contributed by atoms with Gasteiger partial charge in [0.15, 0.2) is 5.82 Å². The second-order valence-corrected chi connectivity index (χ2v) is 5.17. The second-order valence-electron chi connectivity index (χ2n) is 5.17. The molecular weight excluding hydrogens is 252 g/mol. The summed E-state index contributed by atoms with van der Waals surface area (Å²) in [6, 6.07) is 8.61. The lowest BCUT2D eigenvalue weighted by Gasteiger charge is -2.28. The zero-order valence-corrected chi connectivity index (χ0v) is 11.6. The minimum atomic E-state index is 0.295. The van der Waals surface area contributed by atoms with Crippen LogP contribution >= 0.6 is 0 Å². The minimum absolute atomic E-state index is 0.295. The molecule has 0 radical (unpaired) electrons. The summed E-state index contributed by atoms with van der Waals surface area (Å²) < 4.78 is 5.09. The molecule has 1 aromatic heterocycles. The Morgan fingerprint density at radius 3 is 2.95 bits per heavy atom. The van der Waals surface area contributed by atoms with Gasteiger partial charge in [-0.15, -0.1) is 0 Å². The number of fused-ring (bicyclic) bond motifs is 1. The molecule has 0 saturated heterocycles. The topological polar surface area (TPSA) is 68.2 Å². The predicted molar refractivity (Wildman–Crippen MR) is 77.2 cm³/mol. The Balaban J connectivity index is 1.84. The summed E-state index contributed by atoms with van der Waals surface area (Å²) in [7, 11) is 0. The molecule has 1 aliphatic rings. The first kappa shape index (κ1) is 13.1. The molecule has 0 bridgehead atoms. The van der Waals surface area contributed by atoms with E-state index in [4.69, 9.17) is 10.3 Å². The number of nitrogens with two attached hydrogens (primary N) is 1. The summed E-state index contributed by atoms with van der Waals surface area (Å²) in [6.45, 7) is 2.01. The minimum Gasteiger partial charge on any atom is -0.364 e. The number of aryl methyl sites for hydroxylation is 1. The van der Waals surface area contributed by atoms with Crippen molar-refractivity contribution in [3.05, 3.63) is 41.5 Å². The van der Waals surface area contributed by atoms with E-state index < -0.39 is 0 Å². The number of anilines is 1. The molecule has 3 rings (SSSR count). The highest BCUT2D eigenvalue weighted by Crippen LogP contribution is 2.26. The van der Waals surface area contributed by atoms with Crippen molar-refractivity contribution >= 4 is 5.69 Å². The fraction of sp³-hybridized carbons (Fsp3) is 0.467. The summed E-state index contributed by atoms with van der Waals surface area (Å²) in [5, 5.41) is 4.00. The molecule has 0 atom stereocenters. The lowest BCUT2D eigenvalue weighted by atomic mass is 10.0. The molecule has 1 aromatic carbocycles. The summed E-state index contributed by atoms with van der Waals surface area (Å²) in [6.07, 6.45) is 4.89. The molecule has 0 amide bonds. The number of rotatable bonds is 3. The second kappa shape index (κ2) is 6.05. The molecule has 2 aromatic rings. The van der Waals surface area contributed by atoms with Gasteiger partial charge in [0.2, 0.25) is 5.89 Å². The first-order valence-electron chi connectivity index (χ1n) is 7.21. The lowest BCUT2D eigenvalue weighted by Crippen LogP contribution is -2.26. The number of hydrogen-bond donors (Lipinski definition) is 1. The number of para-hydroxylation sites is 1. The maximum absolute atomic E-state index is 5.51. The maximum atomic E-state index is 5.51. The summed E-state index contributed by atoms with van der Waals surface area (Å²) in [4.78, 5) is 6.65. The third-order valence-corrected chi connectivity index (χ3v) is 3.72. The van der Waals surface area contributed by atoms with Crippen LogP contribution in [0.4, 0.5) is 5.69 Å². The van der Waals surface area contributed by atoms with Crippen molar-refractivity contribution in [1.29, 1.82) is 0 Å². The molecule has 106 valence electrons. The zero-order chi connectivity index (χ0) is 13.8. The number of nitrogens with zero attached hydrogens (tertiary/aromatic N) is 3. The van der Waals surface area contributed by atoms with Gasteiger partial charge in [-0.3, -0.25) is 0 Å². The van der Waals surface area contributed by atoms with Gasteiger partial charge in [0, 0.05) is 12.2 Å². The summed E-state index contributed by atoms with van der Waals surface area (Å²) in [5.41, 5.74) is 8.22. The van der Waals surface area contributed by atoms with E-state index in [1.165, 1.54) is 30.5 Å². The highest BCUT2D eigenvalue weighted by atomic mass is 16.5. The molecule has 1 aliphatic heterocycles. The van der Waals surface area contributed by atoms with E-state index in [2.05, 4.69) is 39.3 Å². The number of hydrogen-bond acceptors (Lipinski definition) is 5. The van der Waals surface area contributed by atoms with Crippen molar-refractivity contribution in [2.24, 2.45) is 5.73 Å². The average Bonchev–Trinajstić information content (AvgIpc) is 2.91. The molecule has 0 aliphatic carbocycles. The Labute approximate surface area is 118 Å². The average molecular weight is 272 g/mol. The van der Waals surface area contributed by atoms with Crippen molar-refractivity contribution in [2.75, 3.05) is 11.4 Å². The molecule has 5 heteroatoms. The van der Waals surface area contributed by atoms with Gasteiger partial charge in [-0.25, -0.2) is 0 Å². The zero-order valence-electron chi connectivity index (χ0n) is 11.6. The molecule has 5 nitrogen and oxygen atoms in total. The number of aromatic nitrogens is 2. The van der Waals surface area contributed by atoms with Crippen LogP contribution in [-0.4, -0.2) is 16.7 Å². The van der Waals surface area contributed by atoms with Crippen molar-refractivity contribution in [2.45, 2.75) is 38.8 Å². The van der Waals surface area contributed by atoms with E-state index in [0.29, 0.717) is 24.8 Å². The van der Waals surface area contributed by atoms with Crippen molar-refractivity contribution in [3.63, 3.8) is 0 Å². The molecule has 0 saturated carbocycles. The fourth-order valence-corrected chi connectivity index (χ4v) is 2.72. The van der Waals surface area contributed by atoms with Crippen LogP contribution in [0.2, 0.25) is 0 Å². The summed E-state index contributed by atoms with van der Waals surface area (Å²) in [5.74, 6) is 1.21. The van der Waals surface area contributed by atoms with Gasteiger partial charge >= 0.3 is 0 Å². The molecular formula is C15H20N4O. The van der Waals surface area contributed by atoms with E-state index in [0.717, 1.165) is 13.0 Å². The van der Waals surface area contributed by atoms with Crippen LogP contribution in [0, 0.1) is 0 Å². The Morgan fingerprint density at radius 1 is 1.20 bits per heavy atom. The quantitative estimate of drug-likeness (QED) is 0.928. The van der Waals surface area contributed by atoms with E-state index in [1.807, 2.05) is 0 Å². The SMILES string of the molecule is NCc1nc(CN2CCCCCc3ccccc32)no1. The van der Waals surface area contributed by atoms with E-state index in [1.54, 1.807) is 0 Å². The number of benzene rings is 1. The maximum Gasteiger partial charge on any atom is 0.240 e. The van der Waals surface area contributed by atoms with Gasteiger partial charge in [0.05, 0.1) is 13.1 Å². The van der Waals surface area contributed by atoms with Crippen LogP contribution in [0.25, 0.3) is 0 Å². The van der Waals surface area contributed by atoms with Crippen molar-refractivity contribution < 1.29 is 4.52 Å². The normalized spacial score (nSPS) is 15.6. The smallest absolute Gasteiger partial charge is 0.240 e. The predicted octanol–water partition coefficient (Wildman–Crippen LogP) is 2.26. The Morgan fingerprint density at radius 2 is 2.10 bits per heavy atom. The Kier molecular flexibility index (Phi) is 3.97. The van der Waals surface area contributed by atoms with Gasteiger partial charge in [0.25, 0.3) is 0 Å². The monoisotopic (exact) mass is 272 g/mol. The van der Waals surface area contributed by atoms with Crippen LogP contribution in [0.3, 0.4) is 0 Å². The van der Waals surface area contributed by atoms with Crippen LogP contribution in [0.15, 0.2) is 28.8 Å². The largest absolute Gasteiger partial charge is 0.364 e. The molecule has 20 heavy (non-hydrogen) atoms. The molecule has 0 unspecified atom stereocenters. The summed E-state index contributed by atoms with van der Waals surface area (Å²) >= 11 is 0. The molecule has 2 heterocycles. The van der Waals surface area contributed by atoms with Crippen LogP contribution < -0.4 is 10.6 Å². The fourth-order valence-electron chi connectivity index (χ4n) is 2.72. The molecule has 0 fully saturated rings. The van der Waals surface area contributed by atoms with Crippen LogP contribution in [0.1, 0.15) is 36.5 Å². The van der Waals surface area contributed by atoms with Crippen LogP contribution in [-0.2, 0) is 19.5 Å². The highest BCUT2D eigenvalue weighted by molar-refractivity contribution is 5.54. The van der Waals surface area contributed by atoms with Gasteiger partial charge in [0.1, 0.15) is 0 Å². The Hall–Kier alpha value is -1.88. The van der Waals surface area contributed by atoms with Gasteiger partial charge in [-0.2, -0.15) is 4.98 Å². The third kappa shape index (κ3) is 2.82. The lowest BCUT2D eigenvalue weighted by molar-refractivity contribution is 0.374. The third-order valence-electron chi connectivity index (χ3n) is 3.72. The highest BCUT2D eigenvalue weighted by Gasteiger charge is 2.16. The van der Waals surface area contributed by atoms with Gasteiger partial charge < -0.3 is 15.2 Å². The van der Waals surface area contributed by atoms with Crippen LogP contribution in [0.5, 0.6) is 0 Å². The molecule has 2 N–H and O–H groups in total. The molecule has 0 spiro atoms.